The maximum atomic E-state index is 10.8. The zero-order valence-electron chi connectivity index (χ0n) is 8.39. The lowest BCUT2D eigenvalue weighted by molar-refractivity contribution is -0.236. The van der Waals surface area contributed by atoms with Crippen LogP contribution < -0.4 is 0 Å². The molecule has 0 aliphatic heterocycles. The molecule has 1 N–H and O–H groups in total. The lowest BCUT2D eigenvalue weighted by Crippen LogP contribution is -2.24. The van der Waals surface area contributed by atoms with E-state index in [0.29, 0.717) is 0 Å². The molecule has 7 heteroatoms. The van der Waals surface area contributed by atoms with Crippen molar-refractivity contribution >= 4 is 17.9 Å². The normalized spacial score (nSPS) is 11.4. The van der Waals surface area contributed by atoms with Crippen molar-refractivity contribution in [2.45, 2.75) is 25.9 Å². The number of carbonyl (C=O) groups excluding carboxylic acids is 3. The van der Waals surface area contributed by atoms with Crippen molar-refractivity contribution in [3.63, 3.8) is 0 Å². The van der Waals surface area contributed by atoms with Crippen molar-refractivity contribution in [1.82, 2.24) is 0 Å². The van der Waals surface area contributed by atoms with Crippen molar-refractivity contribution < 1.29 is 34.0 Å². The summed E-state index contributed by atoms with van der Waals surface area (Å²) in [6, 6.07) is 0. The van der Waals surface area contributed by atoms with E-state index in [1.807, 2.05) is 0 Å². The molecule has 0 rings (SSSR count). The van der Waals surface area contributed by atoms with E-state index in [-0.39, 0.29) is 6.42 Å². The van der Waals surface area contributed by atoms with E-state index in [2.05, 4.69) is 14.4 Å². The van der Waals surface area contributed by atoms with E-state index in [1.165, 1.54) is 0 Å². The number of esters is 2. The van der Waals surface area contributed by atoms with Gasteiger partial charge in [-0.3, -0.25) is 9.59 Å². The largest absolute Gasteiger partial charge is 0.469 e. The first-order chi connectivity index (χ1) is 6.99. The molecule has 0 aromatic rings. The standard InChI is InChI=1S/C8H12O7/c1-5(9)14-6(3-7(10)13-2)4-8(11)15-12/h6,12H,3-4H2,1-2H3. The van der Waals surface area contributed by atoms with E-state index >= 15 is 0 Å². The van der Waals surface area contributed by atoms with Crippen LogP contribution in [-0.4, -0.2) is 36.4 Å². The fourth-order valence-electron chi connectivity index (χ4n) is 0.883. The Morgan fingerprint density at radius 3 is 2.13 bits per heavy atom. The molecule has 0 aromatic carbocycles. The van der Waals surface area contributed by atoms with Gasteiger partial charge in [0.15, 0.2) is 0 Å². The number of carbonyl (C=O) groups is 3. The highest BCUT2D eigenvalue weighted by Gasteiger charge is 2.21. The molecule has 7 nitrogen and oxygen atoms in total. The monoisotopic (exact) mass is 220 g/mol. The molecule has 0 radical (unpaired) electrons. The first-order valence-electron chi connectivity index (χ1n) is 4.07. The van der Waals surface area contributed by atoms with Crippen LogP contribution in [0.2, 0.25) is 0 Å². The van der Waals surface area contributed by atoms with Crippen LogP contribution in [0.5, 0.6) is 0 Å². The second kappa shape index (κ2) is 6.77. The SMILES string of the molecule is COC(=O)CC(CC(=O)OO)OC(C)=O. The molecule has 0 saturated heterocycles. The summed E-state index contributed by atoms with van der Waals surface area (Å²) in [5.41, 5.74) is 0. The number of rotatable bonds is 5. The van der Waals surface area contributed by atoms with Gasteiger partial charge in [0.1, 0.15) is 6.10 Å². The van der Waals surface area contributed by atoms with Crippen molar-refractivity contribution in [2.24, 2.45) is 0 Å². The van der Waals surface area contributed by atoms with Crippen LogP contribution in [-0.2, 0) is 28.7 Å². The summed E-state index contributed by atoms with van der Waals surface area (Å²) >= 11 is 0. The third-order valence-corrected chi connectivity index (χ3v) is 1.45. The van der Waals surface area contributed by atoms with Gasteiger partial charge in [-0.25, -0.2) is 4.79 Å². The fraction of sp³-hybridized carbons (Fsp3) is 0.625. The van der Waals surface area contributed by atoms with Crippen LogP contribution in [0.25, 0.3) is 0 Å². The Morgan fingerprint density at radius 1 is 1.20 bits per heavy atom. The van der Waals surface area contributed by atoms with Crippen molar-refractivity contribution in [3.05, 3.63) is 0 Å². The highest BCUT2D eigenvalue weighted by Crippen LogP contribution is 2.06. The number of methoxy groups -OCH3 is 1. The lowest BCUT2D eigenvalue weighted by Gasteiger charge is -2.13. The molecule has 1 unspecified atom stereocenters. The van der Waals surface area contributed by atoms with Gasteiger partial charge >= 0.3 is 17.9 Å². The Bertz CT molecular complexity index is 229. The quantitative estimate of drug-likeness (QED) is 0.298. The highest BCUT2D eigenvalue weighted by atomic mass is 17.1. The van der Waals surface area contributed by atoms with Gasteiger partial charge in [0, 0.05) is 6.92 Å². The van der Waals surface area contributed by atoms with E-state index in [0.717, 1.165) is 14.0 Å². The van der Waals surface area contributed by atoms with Gasteiger partial charge in [-0.2, -0.15) is 5.26 Å². The molecule has 0 aliphatic carbocycles. The van der Waals surface area contributed by atoms with Gasteiger partial charge in [0.2, 0.25) is 0 Å². The molecule has 0 aliphatic rings. The van der Waals surface area contributed by atoms with Gasteiger partial charge in [0.25, 0.3) is 0 Å². The Labute approximate surface area is 85.8 Å². The first kappa shape index (κ1) is 13.4. The molecule has 0 spiro atoms. The third-order valence-electron chi connectivity index (χ3n) is 1.45. The van der Waals surface area contributed by atoms with E-state index < -0.39 is 30.4 Å². The Hall–Kier alpha value is -1.63. The predicted octanol–water partition coefficient (Wildman–Crippen LogP) is -0.113. The van der Waals surface area contributed by atoms with E-state index in [9.17, 15) is 14.4 Å². The molecule has 15 heavy (non-hydrogen) atoms. The molecular weight excluding hydrogens is 208 g/mol. The second-order valence-corrected chi connectivity index (χ2v) is 2.68. The molecule has 0 aromatic heterocycles. The fourth-order valence-corrected chi connectivity index (χ4v) is 0.883. The lowest BCUT2D eigenvalue weighted by atomic mass is 10.2. The molecule has 0 amide bonds. The van der Waals surface area contributed by atoms with Gasteiger partial charge in [-0.05, 0) is 0 Å². The van der Waals surface area contributed by atoms with Crippen LogP contribution in [0.15, 0.2) is 0 Å². The Kier molecular flexibility index (Phi) is 6.03. The Balaban J connectivity index is 4.23. The van der Waals surface area contributed by atoms with Crippen molar-refractivity contribution in [2.75, 3.05) is 7.11 Å². The predicted molar refractivity (Wildman–Crippen MR) is 45.5 cm³/mol. The summed E-state index contributed by atoms with van der Waals surface area (Å²) in [5, 5.41) is 8.00. The zero-order valence-corrected chi connectivity index (χ0v) is 8.39. The molecular formula is C8H12O7. The molecule has 0 fully saturated rings. The smallest absolute Gasteiger partial charge is 0.345 e. The number of hydrogen-bond acceptors (Lipinski definition) is 7. The van der Waals surface area contributed by atoms with E-state index in [4.69, 9.17) is 5.26 Å². The topological polar surface area (TPSA) is 99.1 Å². The van der Waals surface area contributed by atoms with Crippen molar-refractivity contribution in [1.29, 1.82) is 0 Å². The minimum atomic E-state index is -0.995. The first-order valence-corrected chi connectivity index (χ1v) is 4.07. The summed E-state index contributed by atoms with van der Waals surface area (Å²) in [6.45, 7) is 1.13. The van der Waals surface area contributed by atoms with Crippen LogP contribution in [0.3, 0.4) is 0 Å². The zero-order chi connectivity index (χ0) is 11.8. The second-order valence-electron chi connectivity index (χ2n) is 2.68. The average Bonchev–Trinajstić information content (AvgIpc) is 2.16. The highest BCUT2D eigenvalue weighted by molar-refractivity contribution is 5.74. The average molecular weight is 220 g/mol. The molecule has 0 bridgehead atoms. The minimum Gasteiger partial charge on any atom is -0.469 e. The van der Waals surface area contributed by atoms with Crippen molar-refractivity contribution in [3.8, 4) is 0 Å². The number of hydrogen-bond donors (Lipinski definition) is 1. The summed E-state index contributed by atoms with van der Waals surface area (Å²) in [5.74, 6) is -2.27. The third kappa shape index (κ3) is 6.44. The van der Waals surface area contributed by atoms with Crippen LogP contribution in [0.4, 0.5) is 0 Å². The van der Waals surface area contributed by atoms with Gasteiger partial charge in [-0.15, -0.1) is 0 Å². The van der Waals surface area contributed by atoms with Gasteiger partial charge in [0.05, 0.1) is 20.0 Å². The Morgan fingerprint density at radius 2 is 1.73 bits per heavy atom. The van der Waals surface area contributed by atoms with Crippen LogP contribution in [0.1, 0.15) is 19.8 Å². The van der Waals surface area contributed by atoms with Crippen LogP contribution in [0, 0.1) is 0 Å². The molecule has 1 atom stereocenters. The van der Waals surface area contributed by atoms with E-state index in [1.54, 1.807) is 0 Å². The summed E-state index contributed by atoms with van der Waals surface area (Å²) in [7, 11) is 1.16. The molecule has 86 valence electrons. The summed E-state index contributed by atoms with van der Waals surface area (Å²) in [4.78, 5) is 35.5. The maximum Gasteiger partial charge on any atom is 0.345 e. The number of ether oxygens (including phenoxy) is 2. The van der Waals surface area contributed by atoms with Gasteiger partial charge < -0.3 is 14.4 Å². The summed E-state index contributed by atoms with van der Waals surface area (Å²) in [6.07, 6.45) is -1.68. The van der Waals surface area contributed by atoms with Gasteiger partial charge in [-0.1, -0.05) is 0 Å². The minimum absolute atomic E-state index is 0.273. The molecule has 0 heterocycles. The maximum absolute atomic E-state index is 10.8. The van der Waals surface area contributed by atoms with Crippen LogP contribution >= 0.6 is 0 Å². The molecule has 0 saturated carbocycles. The summed E-state index contributed by atoms with van der Waals surface area (Å²) < 4.78 is 8.98.